The zero-order valence-electron chi connectivity index (χ0n) is 15.9. The largest absolute Gasteiger partial charge is 0.357 e. The van der Waals surface area contributed by atoms with Crippen LogP contribution in [-0.2, 0) is 6.42 Å². The van der Waals surface area contributed by atoms with Crippen molar-refractivity contribution >= 4 is 16.8 Å². The second-order valence-corrected chi connectivity index (χ2v) is 7.99. The molecule has 140 valence electrons. The van der Waals surface area contributed by atoms with Gasteiger partial charge < -0.3 is 15.6 Å². The van der Waals surface area contributed by atoms with E-state index < -0.39 is 0 Å². The van der Waals surface area contributed by atoms with Crippen LogP contribution >= 0.6 is 0 Å². The maximum atomic E-state index is 12.2. The molecule has 0 aliphatic heterocycles. The first-order valence-corrected chi connectivity index (χ1v) is 10.4. The summed E-state index contributed by atoms with van der Waals surface area (Å²) >= 11 is 0. The van der Waals surface area contributed by atoms with Gasteiger partial charge in [-0.1, -0.05) is 19.3 Å². The molecular formula is C22H31N3O. The van der Waals surface area contributed by atoms with Crippen LogP contribution in [0.5, 0.6) is 0 Å². The third-order valence-electron chi connectivity index (χ3n) is 6.18. The molecule has 0 radical (unpaired) electrons. The number of carbonyl (C=O) groups is 1. The molecule has 2 aliphatic rings. The molecule has 1 saturated carbocycles. The topological polar surface area (TPSA) is 56.9 Å². The van der Waals surface area contributed by atoms with E-state index in [0.29, 0.717) is 12.6 Å². The summed E-state index contributed by atoms with van der Waals surface area (Å²) in [6, 6.07) is 6.50. The first-order valence-electron chi connectivity index (χ1n) is 10.4. The van der Waals surface area contributed by atoms with Gasteiger partial charge in [-0.2, -0.15) is 0 Å². The smallest absolute Gasteiger partial charge is 0.251 e. The average Bonchev–Trinajstić information content (AvgIpc) is 3.06. The quantitative estimate of drug-likeness (QED) is 0.743. The third-order valence-corrected chi connectivity index (χ3v) is 6.18. The highest BCUT2D eigenvalue weighted by Crippen LogP contribution is 2.35. The standard InChI is InChI=1S/C22H31N3O/c1-2-23-22(26)16-11-12-19-18(13-16)17-9-6-10-20(21(17)25-19)24-14-15-7-4-3-5-8-15/h11-13,15,20,24-25H,2-10,14H2,1H3,(H,23,26). The van der Waals surface area contributed by atoms with Crippen LogP contribution in [0.15, 0.2) is 18.2 Å². The van der Waals surface area contributed by atoms with Crippen LogP contribution in [0, 0.1) is 5.92 Å². The van der Waals surface area contributed by atoms with Gasteiger partial charge in [0, 0.05) is 34.7 Å². The van der Waals surface area contributed by atoms with Gasteiger partial charge in [0.15, 0.2) is 0 Å². The molecule has 1 unspecified atom stereocenters. The lowest BCUT2D eigenvalue weighted by Crippen LogP contribution is -2.30. The molecule has 1 aromatic carbocycles. The predicted octanol–water partition coefficient (Wildman–Crippen LogP) is 4.46. The molecule has 3 N–H and O–H groups in total. The minimum absolute atomic E-state index is 0.0205. The van der Waals surface area contributed by atoms with Gasteiger partial charge in [-0.3, -0.25) is 4.79 Å². The number of hydrogen-bond donors (Lipinski definition) is 3. The summed E-state index contributed by atoms with van der Waals surface area (Å²) in [6.45, 7) is 3.76. The van der Waals surface area contributed by atoms with E-state index in [1.165, 1.54) is 61.6 Å². The van der Waals surface area contributed by atoms with Crippen LogP contribution in [0.1, 0.15) is 79.5 Å². The first-order chi connectivity index (χ1) is 12.8. The second-order valence-electron chi connectivity index (χ2n) is 7.99. The highest BCUT2D eigenvalue weighted by molar-refractivity contribution is 5.99. The Balaban J connectivity index is 1.55. The molecule has 4 nitrogen and oxygen atoms in total. The molecule has 4 heteroatoms. The normalized spacial score (nSPS) is 20.9. The number of aromatic amines is 1. The van der Waals surface area contributed by atoms with Crippen molar-refractivity contribution in [3.8, 4) is 0 Å². The number of benzene rings is 1. The van der Waals surface area contributed by atoms with Gasteiger partial charge >= 0.3 is 0 Å². The number of hydrogen-bond acceptors (Lipinski definition) is 2. The maximum Gasteiger partial charge on any atom is 0.251 e. The lowest BCUT2D eigenvalue weighted by Gasteiger charge is -2.28. The van der Waals surface area contributed by atoms with Crippen LogP contribution in [0.2, 0.25) is 0 Å². The molecule has 1 heterocycles. The Morgan fingerprint density at radius 1 is 1.15 bits per heavy atom. The van der Waals surface area contributed by atoms with Crippen LogP contribution in [0.4, 0.5) is 0 Å². The molecule has 0 saturated heterocycles. The molecule has 0 spiro atoms. The van der Waals surface area contributed by atoms with Crippen molar-refractivity contribution in [1.29, 1.82) is 0 Å². The molecule has 26 heavy (non-hydrogen) atoms. The molecular weight excluding hydrogens is 322 g/mol. The van der Waals surface area contributed by atoms with Crippen molar-refractivity contribution in [3.05, 3.63) is 35.0 Å². The number of H-pyrrole nitrogens is 1. The van der Waals surface area contributed by atoms with Gasteiger partial charge in [0.25, 0.3) is 5.91 Å². The molecule has 2 aromatic rings. The van der Waals surface area contributed by atoms with E-state index >= 15 is 0 Å². The highest BCUT2D eigenvalue weighted by Gasteiger charge is 2.25. The number of aryl methyl sites for hydroxylation is 1. The van der Waals surface area contributed by atoms with Crippen LogP contribution in [-0.4, -0.2) is 24.0 Å². The second kappa shape index (κ2) is 7.83. The van der Waals surface area contributed by atoms with E-state index in [1.54, 1.807) is 0 Å². The van der Waals surface area contributed by atoms with E-state index in [1.807, 2.05) is 13.0 Å². The fourth-order valence-electron chi connectivity index (χ4n) is 4.77. The molecule has 2 aliphatic carbocycles. The van der Waals surface area contributed by atoms with Crippen LogP contribution in [0.3, 0.4) is 0 Å². The summed E-state index contributed by atoms with van der Waals surface area (Å²) in [5, 5.41) is 7.99. The lowest BCUT2D eigenvalue weighted by molar-refractivity contribution is 0.0956. The maximum absolute atomic E-state index is 12.2. The number of aromatic nitrogens is 1. The Labute approximate surface area is 156 Å². The predicted molar refractivity (Wildman–Crippen MR) is 107 cm³/mol. The zero-order valence-corrected chi connectivity index (χ0v) is 15.9. The van der Waals surface area contributed by atoms with Crippen molar-refractivity contribution in [3.63, 3.8) is 0 Å². The van der Waals surface area contributed by atoms with Crippen LogP contribution < -0.4 is 10.6 Å². The number of fused-ring (bicyclic) bond motifs is 3. The summed E-state index contributed by atoms with van der Waals surface area (Å²) in [7, 11) is 0. The van der Waals surface area contributed by atoms with Crippen molar-refractivity contribution < 1.29 is 4.79 Å². The lowest BCUT2D eigenvalue weighted by atomic mass is 9.87. The van der Waals surface area contributed by atoms with Gasteiger partial charge in [-0.05, 0) is 75.3 Å². The van der Waals surface area contributed by atoms with Crippen molar-refractivity contribution in [2.45, 2.75) is 64.3 Å². The molecule has 1 fully saturated rings. The van der Waals surface area contributed by atoms with Crippen molar-refractivity contribution in [1.82, 2.24) is 15.6 Å². The molecule has 1 aromatic heterocycles. The minimum Gasteiger partial charge on any atom is -0.357 e. The summed E-state index contributed by atoms with van der Waals surface area (Å²) in [5.41, 5.74) is 4.70. The number of rotatable bonds is 5. The average molecular weight is 354 g/mol. The monoisotopic (exact) mass is 353 g/mol. The number of amides is 1. The minimum atomic E-state index is 0.0205. The Kier molecular flexibility index (Phi) is 5.30. The number of nitrogens with one attached hydrogen (secondary N) is 3. The van der Waals surface area contributed by atoms with Gasteiger partial charge in [-0.25, -0.2) is 0 Å². The Morgan fingerprint density at radius 2 is 2.00 bits per heavy atom. The molecule has 4 rings (SSSR count). The Morgan fingerprint density at radius 3 is 2.81 bits per heavy atom. The molecule has 1 amide bonds. The Hall–Kier alpha value is -1.81. The summed E-state index contributed by atoms with van der Waals surface area (Å²) in [4.78, 5) is 15.8. The Bertz CT molecular complexity index is 773. The van der Waals surface area contributed by atoms with Gasteiger partial charge in [0.05, 0.1) is 0 Å². The van der Waals surface area contributed by atoms with E-state index in [4.69, 9.17) is 0 Å². The van der Waals surface area contributed by atoms with Gasteiger partial charge in [0.2, 0.25) is 0 Å². The highest BCUT2D eigenvalue weighted by atomic mass is 16.1. The van der Waals surface area contributed by atoms with Crippen molar-refractivity contribution in [2.24, 2.45) is 5.92 Å². The summed E-state index contributed by atoms with van der Waals surface area (Å²) < 4.78 is 0. The van der Waals surface area contributed by atoms with E-state index in [2.05, 4.69) is 27.8 Å². The summed E-state index contributed by atoms with van der Waals surface area (Å²) in [6.07, 6.45) is 10.5. The van der Waals surface area contributed by atoms with Gasteiger partial charge in [0.1, 0.15) is 0 Å². The molecule has 1 atom stereocenters. The fraction of sp³-hybridized carbons (Fsp3) is 0.591. The molecule has 0 bridgehead atoms. The van der Waals surface area contributed by atoms with Crippen LogP contribution in [0.25, 0.3) is 10.9 Å². The number of carbonyl (C=O) groups excluding carboxylic acids is 1. The van der Waals surface area contributed by atoms with Crippen molar-refractivity contribution in [2.75, 3.05) is 13.1 Å². The SMILES string of the molecule is CCNC(=O)c1ccc2[nH]c3c(c2c1)CCCC3NCC1CCCCC1. The van der Waals surface area contributed by atoms with E-state index in [9.17, 15) is 4.79 Å². The van der Waals surface area contributed by atoms with E-state index in [0.717, 1.165) is 30.0 Å². The van der Waals surface area contributed by atoms with Gasteiger partial charge in [-0.15, -0.1) is 0 Å². The summed E-state index contributed by atoms with van der Waals surface area (Å²) in [5.74, 6) is 0.870. The third kappa shape index (κ3) is 3.52. The zero-order chi connectivity index (χ0) is 17.9. The fourth-order valence-corrected chi connectivity index (χ4v) is 4.77. The first kappa shape index (κ1) is 17.6. The van der Waals surface area contributed by atoms with E-state index in [-0.39, 0.29) is 5.91 Å².